The van der Waals surface area contributed by atoms with E-state index < -0.39 is 24.1 Å². The van der Waals surface area contributed by atoms with E-state index in [0.717, 1.165) is 0 Å². The van der Waals surface area contributed by atoms with Crippen LogP contribution < -0.4 is 5.32 Å². The van der Waals surface area contributed by atoms with Crippen LogP contribution in [0.15, 0.2) is 5.11 Å². The number of nitrogens with zero attached hydrogens (tertiary/aromatic N) is 3. The van der Waals surface area contributed by atoms with Gasteiger partial charge in [0.1, 0.15) is 6.04 Å². The van der Waals surface area contributed by atoms with Gasteiger partial charge >= 0.3 is 18.1 Å². The highest BCUT2D eigenvalue weighted by atomic mass is 19.4. The minimum atomic E-state index is -5.11. The predicted molar refractivity (Wildman–Crippen MR) is 53.5 cm³/mol. The van der Waals surface area contributed by atoms with Gasteiger partial charge in [0.15, 0.2) is 0 Å². The number of hydrogen-bond acceptors (Lipinski definition) is 3. The van der Waals surface area contributed by atoms with E-state index in [1.54, 1.807) is 0 Å². The molecule has 0 aliphatic carbocycles. The molecule has 0 unspecified atom stereocenters. The lowest BCUT2D eigenvalue weighted by molar-refractivity contribution is -0.175. The second kappa shape index (κ2) is 7.38. The maximum atomic E-state index is 11.9. The lowest BCUT2D eigenvalue weighted by Gasteiger charge is -2.15. The summed E-state index contributed by atoms with van der Waals surface area (Å²) in [5.74, 6) is -3.83. The van der Waals surface area contributed by atoms with Crippen LogP contribution in [0.5, 0.6) is 0 Å². The lowest BCUT2D eigenvalue weighted by Crippen LogP contribution is -2.46. The van der Waals surface area contributed by atoms with Gasteiger partial charge in [0.2, 0.25) is 0 Å². The highest BCUT2D eigenvalue weighted by Crippen LogP contribution is 2.15. The van der Waals surface area contributed by atoms with Crippen molar-refractivity contribution in [2.45, 2.75) is 31.5 Å². The van der Waals surface area contributed by atoms with E-state index in [0.29, 0.717) is 6.42 Å². The maximum Gasteiger partial charge on any atom is 0.471 e. The number of carbonyl (C=O) groups excluding carboxylic acids is 1. The zero-order valence-corrected chi connectivity index (χ0v) is 9.15. The summed E-state index contributed by atoms with van der Waals surface area (Å²) in [4.78, 5) is 23.6. The standard InChI is InChI=1S/C8H11F3N4O3/c9-8(10,11)7(18)14-5(6(16)17)3-1-2-4-13-15-12/h5H,1-4H2,(H,14,18)(H,16,17)/t5-/m0/s1. The summed E-state index contributed by atoms with van der Waals surface area (Å²) in [6, 6.07) is -1.61. The van der Waals surface area contributed by atoms with Gasteiger partial charge in [-0.1, -0.05) is 11.5 Å². The molecule has 0 saturated carbocycles. The zero-order chi connectivity index (χ0) is 14.2. The van der Waals surface area contributed by atoms with Crippen molar-refractivity contribution in [1.82, 2.24) is 5.32 Å². The maximum absolute atomic E-state index is 11.9. The first kappa shape index (κ1) is 16.0. The molecule has 0 fully saturated rings. The Morgan fingerprint density at radius 3 is 2.44 bits per heavy atom. The first-order chi connectivity index (χ1) is 8.29. The molecule has 0 aromatic heterocycles. The zero-order valence-electron chi connectivity index (χ0n) is 9.15. The van der Waals surface area contributed by atoms with Crippen molar-refractivity contribution >= 4 is 11.9 Å². The molecule has 0 bridgehead atoms. The quantitative estimate of drug-likeness (QED) is 0.316. The van der Waals surface area contributed by atoms with Crippen molar-refractivity contribution in [2.24, 2.45) is 5.11 Å². The number of halogens is 3. The van der Waals surface area contributed by atoms with Crippen molar-refractivity contribution in [2.75, 3.05) is 6.54 Å². The van der Waals surface area contributed by atoms with Crippen molar-refractivity contribution in [3.05, 3.63) is 10.4 Å². The third kappa shape index (κ3) is 6.59. The van der Waals surface area contributed by atoms with E-state index in [1.807, 2.05) is 0 Å². The van der Waals surface area contributed by atoms with Gasteiger partial charge in [-0.2, -0.15) is 13.2 Å². The fourth-order valence-corrected chi connectivity index (χ4v) is 1.07. The minimum absolute atomic E-state index is 0.121. The minimum Gasteiger partial charge on any atom is -0.480 e. The van der Waals surface area contributed by atoms with Gasteiger partial charge < -0.3 is 10.4 Å². The summed E-state index contributed by atoms with van der Waals surface area (Å²) < 4.78 is 35.7. The van der Waals surface area contributed by atoms with Crippen LogP contribution in [-0.4, -0.2) is 35.7 Å². The molecule has 0 radical (unpaired) electrons. The van der Waals surface area contributed by atoms with E-state index in [4.69, 9.17) is 10.6 Å². The molecule has 0 aromatic carbocycles. The van der Waals surface area contributed by atoms with Crippen LogP contribution in [0.25, 0.3) is 10.4 Å². The number of carboxylic acid groups (broad SMARTS) is 1. The number of unbranched alkanes of at least 4 members (excludes halogenated alkanes) is 1. The Bertz CT molecular complexity index is 352. The Hall–Kier alpha value is -1.96. The molecule has 7 nitrogen and oxygen atoms in total. The SMILES string of the molecule is [N-]=[N+]=NCCCC[C@H](NC(=O)C(F)(F)F)C(=O)O. The number of hydrogen-bond donors (Lipinski definition) is 2. The van der Waals surface area contributed by atoms with Crippen molar-refractivity contribution in [3.63, 3.8) is 0 Å². The predicted octanol–water partition coefficient (Wildman–Crippen LogP) is 1.60. The molecule has 1 atom stereocenters. The molecule has 10 heteroatoms. The molecule has 1 amide bonds. The molecular weight excluding hydrogens is 257 g/mol. The monoisotopic (exact) mass is 268 g/mol. The molecule has 18 heavy (non-hydrogen) atoms. The van der Waals surface area contributed by atoms with Gasteiger partial charge in [0.25, 0.3) is 0 Å². The van der Waals surface area contributed by atoms with Crippen molar-refractivity contribution < 1.29 is 27.9 Å². The summed E-state index contributed by atoms with van der Waals surface area (Å²) in [6.07, 6.45) is -4.74. The van der Waals surface area contributed by atoms with Crippen LogP contribution >= 0.6 is 0 Å². The molecule has 0 saturated heterocycles. The summed E-state index contributed by atoms with van der Waals surface area (Å²) in [7, 11) is 0. The van der Waals surface area contributed by atoms with Crippen molar-refractivity contribution in [1.29, 1.82) is 0 Å². The molecule has 2 N–H and O–H groups in total. The normalized spacial score (nSPS) is 12.4. The number of aliphatic carboxylic acids is 1. The molecular formula is C8H11F3N4O3. The Labute approximate surface area is 99.6 Å². The van der Waals surface area contributed by atoms with Gasteiger partial charge in [-0.3, -0.25) is 4.79 Å². The number of azide groups is 1. The van der Waals surface area contributed by atoms with Crippen LogP contribution in [0.1, 0.15) is 19.3 Å². The third-order valence-corrected chi connectivity index (χ3v) is 1.93. The average molecular weight is 268 g/mol. The number of nitrogens with one attached hydrogen (secondary N) is 1. The lowest BCUT2D eigenvalue weighted by atomic mass is 10.1. The first-order valence-electron chi connectivity index (χ1n) is 4.90. The van der Waals surface area contributed by atoms with Gasteiger partial charge in [-0.15, -0.1) is 0 Å². The fourth-order valence-electron chi connectivity index (χ4n) is 1.07. The highest BCUT2D eigenvalue weighted by molar-refractivity contribution is 5.86. The summed E-state index contributed by atoms with van der Waals surface area (Å²) in [5.41, 5.74) is 7.95. The van der Waals surface area contributed by atoms with E-state index in [1.165, 1.54) is 5.32 Å². The highest BCUT2D eigenvalue weighted by Gasteiger charge is 2.40. The fraction of sp³-hybridized carbons (Fsp3) is 0.750. The van der Waals surface area contributed by atoms with E-state index in [2.05, 4.69) is 10.0 Å². The van der Waals surface area contributed by atoms with E-state index >= 15 is 0 Å². The average Bonchev–Trinajstić information content (AvgIpc) is 2.25. The Morgan fingerprint density at radius 1 is 1.39 bits per heavy atom. The summed E-state index contributed by atoms with van der Waals surface area (Å²) in [6.45, 7) is 0.121. The molecule has 0 aliphatic rings. The van der Waals surface area contributed by atoms with Crippen LogP contribution in [0, 0.1) is 0 Å². The second-order valence-electron chi connectivity index (χ2n) is 3.31. The Morgan fingerprint density at radius 2 is 2.00 bits per heavy atom. The second-order valence-corrected chi connectivity index (χ2v) is 3.31. The topological polar surface area (TPSA) is 115 Å². The van der Waals surface area contributed by atoms with Crippen LogP contribution in [0.2, 0.25) is 0 Å². The molecule has 0 spiro atoms. The molecule has 0 rings (SSSR count). The molecule has 0 aromatic rings. The summed E-state index contributed by atoms with van der Waals surface area (Å²) >= 11 is 0. The van der Waals surface area contributed by atoms with Gasteiger partial charge in [-0.25, -0.2) is 4.79 Å². The summed E-state index contributed by atoms with van der Waals surface area (Å²) in [5, 5.41) is 13.2. The number of rotatable bonds is 7. The van der Waals surface area contributed by atoms with Gasteiger partial charge in [0.05, 0.1) is 0 Å². The number of carbonyl (C=O) groups is 2. The number of alkyl halides is 3. The number of amides is 1. The number of carboxylic acids is 1. The van der Waals surface area contributed by atoms with Crippen LogP contribution in [-0.2, 0) is 9.59 Å². The Balaban J connectivity index is 4.20. The van der Waals surface area contributed by atoms with Crippen LogP contribution in [0.4, 0.5) is 13.2 Å². The van der Waals surface area contributed by atoms with Gasteiger partial charge in [0, 0.05) is 11.5 Å². The smallest absolute Gasteiger partial charge is 0.471 e. The molecule has 0 heterocycles. The third-order valence-electron chi connectivity index (χ3n) is 1.93. The molecule has 0 aliphatic heterocycles. The van der Waals surface area contributed by atoms with E-state index in [9.17, 15) is 22.8 Å². The molecule has 102 valence electrons. The van der Waals surface area contributed by atoms with Crippen molar-refractivity contribution in [3.8, 4) is 0 Å². The van der Waals surface area contributed by atoms with Crippen LogP contribution in [0.3, 0.4) is 0 Å². The van der Waals surface area contributed by atoms with Gasteiger partial charge in [-0.05, 0) is 18.4 Å². The largest absolute Gasteiger partial charge is 0.480 e. The Kier molecular flexibility index (Phi) is 6.58. The van der Waals surface area contributed by atoms with E-state index in [-0.39, 0.29) is 19.4 Å². The first-order valence-corrected chi connectivity index (χ1v) is 4.90.